The van der Waals surface area contributed by atoms with Gasteiger partial charge in [0.1, 0.15) is 0 Å². The normalized spacial score (nSPS) is 11.6. The Hall–Kier alpha value is -1.88. The molecule has 0 saturated carbocycles. The lowest BCUT2D eigenvalue weighted by Gasteiger charge is -2.13. The Bertz CT molecular complexity index is 680. The molecule has 0 aliphatic heterocycles. The topological polar surface area (TPSA) is 49.3 Å². The highest BCUT2D eigenvalue weighted by Gasteiger charge is 2.05. The number of aliphatic imine (C=N–C) groups is 1. The van der Waals surface area contributed by atoms with Crippen LogP contribution in [0.1, 0.15) is 39.1 Å². The van der Waals surface area contributed by atoms with E-state index in [1.54, 1.807) is 11.3 Å². The second kappa shape index (κ2) is 8.83. The van der Waals surface area contributed by atoms with Gasteiger partial charge in [0.25, 0.3) is 0 Å². The third-order valence-electron chi connectivity index (χ3n) is 3.88. The van der Waals surface area contributed by atoms with Crippen LogP contribution in [0.4, 0.5) is 0 Å². The molecule has 2 aromatic rings. The van der Waals surface area contributed by atoms with E-state index in [1.807, 2.05) is 6.20 Å². The van der Waals surface area contributed by atoms with Crippen LogP contribution in [0.5, 0.6) is 0 Å². The molecule has 0 bridgehead atoms. The van der Waals surface area contributed by atoms with Crippen molar-refractivity contribution in [3.05, 3.63) is 50.5 Å². The predicted octanol–water partition coefficient (Wildman–Crippen LogP) is 3.67. The van der Waals surface area contributed by atoms with E-state index in [-0.39, 0.29) is 0 Å². The summed E-state index contributed by atoms with van der Waals surface area (Å²) in [4.78, 5) is 10.4. The van der Waals surface area contributed by atoms with E-state index in [0.717, 1.165) is 25.5 Å². The maximum Gasteiger partial charge on any atom is 0.191 e. The molecule has 1 heterocycles. The molecule has 2 N–H and O–H groups in total. The Labute approximate surface area is 149 Å². The van der Waals surface area contributed by atoms with Crippen molar-refractivity contribution < 1.29 is 0 Å². The highest BCUT2D eigenvalue weighted by atomic mass is 32.1. The van der Waals surface area contributed by atoms with E-state index in [9.17, 15) is 0 Å². The quantitative estimate of drug-likeness (QED) is 0.621. The Morgan fingerprint density at radius 1 is 1.12 bits per heavy atom. The minimum Gasteiger partial charge on any atom is -0.357 e. The standard InChI is InChI=1S/C19H28N4S/c1-6-20-19(21-8-7-18-22-11-16(5)24-18)23-12-17-14(3)9-13(2)10-15(17)4/h9-11H,6-8,12H2,1-5H3,(H2,20,21,23). The summed E-state index contributed by atoms with van der Waals surface area (Å²) in [6.45, 7) is 13.0. The minimum absolute atomic E-state index is 0.698. The van der Waals surface area contributed by atoms with E-state index in [4.69, 9.17) is 4.99 Å². The summed E-state index contributed by atoms with van der Waals surface area (Å²) in [5, 5.41) is 7.89. The van der Waals surface area contributed by atoms with Crippen LogP contribution in [-0.4, -0.2) is 24.0 Å². The number of nitrogens with zero attached hydrogens (tertiary/aromatic N) is 2. The van der Waals surface area contributed by atoms with Gasteiger partial charge in [-0.15, -0.1) is 11.3 Å². The van der Waals surface area contributed by atoms with Crippen LogP contribution in [0.25, 0.3) is 0 Å². The molecular weight excluding hydrogens is 316 g/mol. The van der Waals surface area contributed by atoms with E-state index < -0.39 is 0 Å². The zero-order chi connectivity index (χ0) is 17.5. The van der Waals surface area contributed by atoms with Gasteiger partial charge >= 0.3 is 0 Å². The molecule has 0 unspecified atom stereocenters. The van der Waals surface area contributed by atoms with Gasteiger partial charge in [-0.1, -0.05) is 17.7 Å². The number of aryl methyl sites for hydroxylation is 4. The number of hydrogen-bond acceptors (Lipinski definition) is 3. The summed E-state index contributed by atoms with van der Waals surface area (Å²) in [5.74, 6) is 0.866. The van der Waals surface area contributed by atoms with Crippen LogP contribution in [0.15, 0.2) is 23.3 Å². The van der Waals surface area contributed by atoms with Crippen LogP contribution in [-0.2, 0) is 13.0 Å². The Morgan fingerprint density at radius 2 is 1.83 bits per heavy atom. The molecule has 0 fully saturated rings. The van der Waals surface area contributed by atoms with E-state index in [2.05, 4.69) is 62.4 Å². The highest BCUT2D eigenvalue weighted by Crippen LogP contribution is 2.17. The zero-order valence-electron chi connectivity index (χ0n) is 15.4. The summed E-state index contributed by atoms with van der Waals surface area (Å²) < 4.78 is 0. The average Bonchev–Trinajstić information content (AvgIpc) is 2.91. The van der Waals surface area contributed by atoms with Crippen molar-refractivity contribution in [3.8, 4) is 0 Å². The van der Waals surface area contributed by atoms with Gasteiger partial charge in [-0.05, 0) is 51.3 Å². The van der Waals surface area contributed by atoms with E-state index >= 15 is 0 Å². The first-order chi connectivity index (χ1) is 11.5. The molecule has 0 amide bonds. The van der Waals surface area contributed by atoms with Crippen molar-refractivity contribution in [3.63, 3.8) is 0 Å². The number of guanidine groups is 1. The molecule has 0 radical (unpaired) electrons. The zero-order valence-corrected chi connectivity index (χ0v) is 16.2. The molecule has 1 aromatic heterocycles. The number of hydrogen-bond donors (Lipinski definition) is 2. The first kappa shape index (κ1) is 18.5. The molecule has 4 nitrogen and oxygen atoms in total. The van der Waals surface area contributed by atoms with Gasteiger partial charge in [-0.3, -0.25) is 0 Å². The maximum absolute atomic E-state index is 4.75. The van der Waals surface area contributed by atoms with Gasteiger partial charge in [0.2, 0.25) is 0 Å². The van der Waals surface area contributed by atoms with Crippen molar-refractivity contribution in [1.29, 1.82) is 0 Å². The largest absolute Gasteiger partial charge is 0.357 e. The van der Waals surface area contributed by atoms with Crippen molar-refractivity contribution >= 4 is 17.3 Å². The third kappa shape index (κ3) is 5.34. The summed E-state index contributed by atoms with van der Waals surface area (Å²) >= 11 is 1.76. The monoisotopic (exact) mass is 344 g/mol. The molecule has 0 atom stereocenters. The Balaban J connectivity index is 1.97. The lowest BCUT2D eigenvalue weighted by Crippen LogP contribution is -2.38. The van der Waals surface area contributed by atoms with E-state index in [0.29, 0.717) is 6.54 Å². The predicted molar refractivity (Wildman–Crippen MR) is 104 cm³/mol. The summed E-state index contributed by atoms with van der Waals surface area (Å²) in [5.41, 5.74) is 5.24. The van der Waals surface area contributed by atoms with Crippen LogP contribution in [0.3, 0.4) is 0 Å². The van der Waals surface area contributed by atoms with Gasteiger partial charge in [-0.2, -0.15) is 0 Å². The summed E-state index contributed by atoms with van der Waals surface area (Å²) in [6.07, 6.45) is 2.85. The van der Waals surface area contributed by atoms with Gasteiger partial charge in [-0.25, -0.2) is 9.98 Å². The fraction of sp³-hybridized carbons (Fsp3) is 0.474. The van der Waals surface area contributed by atoms with Gasteiger partial charge in [0.15, 0.2) is 5.96 Å². The summed E-state index contributed by atoms with van der Waals surface area (Å²) in [6, 6.07) is 4.45. The van der Waals surface area contributed by atoms with Crippen molar-refractivity contribution in [2.24, 2.45) is 4.99 Å². The third-order valence-corrected chi connectivity index (χ3v) is 4.85. The smallest absolute Gasteiger partial charge is 0.191 e. The van der Waals surface area contributed by atoms with E-state index in [1.165, 1.54) is 32.1 Å². The molecule has 130 valence electrons. The second-order valence-corrected chi connectivity index (χ2v) is 7.43. The maximum atomic E-state index is 4.75. The SMILES string of the molecule is CCNC(=NCc1c(C)cc(C)cc1C)NCCc1ncc(C)s1. The molecule has 24 heavy (non-hydrogen) atoms. The van der Waals surface area contributed by atoms with Crippen LogP contribution < -0.4 is 10.6 Å². The average molecular weight is 345 g/mol. The fourth-order valence-electron chi connectivity index (χ4n) is 2.76. The first-order valence-electron chi connectivity index (χ1n) is 8.49. The van der Waals surface area contributed by atoms with Crippen molar-refractivity contribution in [2.75, 3.05) is 13.1 Å². The van der Waals surface area contributed by atoms with Crippen LogP contribution in [0, 0.1) is 27.7 Å². The molecule has 0 saturated heterocycles. The first-order valence-corrected chi connectivity index (χ1v) is 9.31. The Kier molecular flexibility index (Phi) is 6.79. The van der Waals surface area contributed by atoms with Gasteiger partial charge in [0, 0.05) is 30.6 Å². The molecular formula is C19H28N4S. The lowest BCUT2D eigenvalue weighted by molar-refractivity contribution is 0.795. The van der Waals surface area contributed by atoms with Crippen molar-refractivity contribution in [2.45, 2.75) is 47.6 Å². The molecule has 0 spiro atoms. The number of aromatic nitrogens is 1. The second-order valence-electron chi connectivity index (χ2n) is 6.11. The fourth-order valence-corrected chi connectivity index (χ4v) is 3.55. The Morgan fingerprint density at radius 3 is 2.42 bits per heavy atom. The highest BCUT2D eigenvalue weighted by molar-refractivity contribution is 7.11. The van der Waals surface area contributed by atoms with Gasteiger partial charge in [0.05, 0.1) is 11.6 Å². The number of benzene rings is 1. The number of thiazole rings is 1. The van der Waals surface area contributed by atoms with Crippen molar-refractivity contribution in [1.82, 2.24) is 15.6 Å². The molecule has 1 aromatic carbocycles. The number of nitrogens with one attached hydrogen (secondary N) is 2. The molecule has 0 aliphatic rings. The molecule has 0 aliphatic carbocycles. The lowest BCUT2D eigenvalue weighted by atomic mass is 10.00. The van der Waals surface area contributed by atoms with Gasteiger partial charge < -0.3 is 10.6 Å². The van der Waals surface area contributed by atoms with Crippen LogP contribution >= 0.6 is 11.3 Å². The minimum atomic E-state index is 0.698. The number of rotatable bonds is 6. The molecule has 5 heteroatoms. The van der Waals surface area contributed by atoms with Crippen LogP contribution in [0.2, 0.25) is 0 Å². The molecule has 2 rings (SSSR count). The summed E-state index contributed by atoms with van der Waals surface area (Å²) in [7, 11) is 0.